The molecule has 2 heterocycles. The monoisotopic (exact) mass is 414 g/mol. The van der Waals surface area contributed by atoms with Crippen molar-refractivity contribution in [1.29, 1.82) is 0 Å². The zero-order valence-electron chi connectivity index (χ0n) is 14.1. The number of carbonyl (C=O) groups excluding carboxylic acids is 1. The number of fused-ring (bicyclic) bond motifs is 1. The SMILES string of the molecule is O=C(Nc1c(=O)[nH]n2c(=O)cc(-c3ccc(Cl)c(Cl)c3)[nH]c12)c1ccccc1. The van der Waals surface area contributed by atoms with Gasteiger partial charge in [-0.1, -0.05) is 47.5 Å². The maximum Gasteiger partial charge on any atom is 0.290 e. The Bertz CT molecular complexity index is 1320. The van der Waals surface area contributed by atoms with Gasteiger partial charge in [-0.05, 0) is 29.8 Å². The zero-order chi connectivity index (χ0) is 19.8. The van der Waals surface area contributed by atoms with Gasteiger partial charge < -0.3 is 10.3 Å². The number of H-pyrrole nitrogens is 2. The van der Waals surface area contributed by atoms with Crippen molar-refractivity contribution in [2.24, 2.45) is 0 Å². The third-order valence-corrected chi connectivity index (χ3v) is 4.89. The van der Waals surface area contributed by atoms with E-state index in [1.54, 1.807) is 48.5 Å². The van der Waals surface area contributed by atoms with Gasteiger partial charge in [0.2, 0.25) is 0 Å². The third-order valence-electron chi connectivity index (χ3n) is 4.15. The van der Waals surface area contributed by atoms with E-state index in [1.165, 1.54) is 6.07 Å². The van der Waals surface area contributed by atoms with Crippen LogP contribution in [0.15, 0.2) is 64.2 Å². The summed E-state index contributed by atoms with van der Waals surface area (Å²) >= 11 is 12.0. The number of halogens is 2. The summed E-state index contributed by atoms with van der Waals surface area (Å²) in [5, 5.41) is 5.66. The smallest absolute Gasteiger partial charge is 0.290 e. The molecule has 4 rings (SSSR count). The van der Waals surface area contributed by atoms with Gasteiger partial charge in [0.1, 0.15) is 0 Å². The van der Waals surface area contributed by atoms with Crippen LogP contribution in [0, 0.1) is 0 Å². The minimum absolute atomic E-state index is 0.0622. The summed E-state index contributed by atoms with van der Waals surface area (Å²) < 4.78 is 1.03. The van der Waals surface area contributed by atoms with Gasteiger partial charge >= 0.3 is 0 Å². The highest BCUT2D eigenvalue weighted by molar-refractivity contribution is 6.42. The van der Waals surface area contributed by atoms with Gasteiger partial charge in [-0.25, -0.2) is 0 Å². The first kappa shape index (κ1) is 18.1. The molecule has 0 bridgehead atoms. The predicted octanol–water partition coefficient (Wildman–Crippen LogP) is 3.54. The molecular formula is C19H12Cl2N4O3. The maximum absolute atomic E-state index is 12.4. The third kappa shape index (κ3) is 3.21. The lowest BCUT2D eigenvalue weighted by Crippen LogP contribution is -2.17. The number of aromatic amines is 2. The molecule has 0 atom stereocenters. The second-order valence-electron chi connectivity index (χ2n) is 5.97. The van der Waals surface area contributed by atoms with E-state index < -0.39 is 17.0 Å². The molecule has 140 valence electrons. The van der Waals surface area contributed by atoms with Crippen molar-refractivity contribution in [3.63, 3.8) is 0 Å². The molecule has 28 heavy (non-hydrogen) atoms. The van der Waals surface area contributed by atoms with E-state index in [-0.39, 0.29) is 11.3 Å². The van der Waals surface area contributed by atoms with E-state index in [0.717, 1.165) is 4.52 Å². The quantitative estimate of drug-likeness (QED) is 0.477. The van der Waals surface area contributed by atoms with Gasteiger partial charge in [0.25, 0.3) is 17.0 Å². The molecule has 3 N–H and O–H groups in total. The first-order chi connectivity index (χ1) is 13.4. The number of rotatable bonds is 3. The fraction of sp³-hybridized carbons (Fsp3) is 0. The summed E-state index contributed by atoms with van der Waals surface area (Å²) in [6.45, 7) is 0. The van der Waals surface area contributed by atoms with Gasteiger partial charge in [-0.15, -0.1) is 0 Å². The fourth-order valence-corrected chi connectivity index (χ4v) is 3.08. The summed E-state index contributed by atoms with van der Waals surface area (Å²) in [6.07, 6.45) is 0. The van der Waals surface area contributed by atoms with Crippen molar-refractivity contribution in [1.82, 2.24) is 14.6 Å². The van der Waals surface area contributed by atoms with Crippen LogP contribution in [0.3, 0.4) is 0 Å². The normalized spacial score (nSPS) is 10.9. The summed E-state index contributed by atoms with van der Waals surface area (Å²) in [5.41, 5.74) is 0.372. The molecule has 0 saturated heterocycles. The summed E-state index contributed by atoms with van der Waals surface area (Å²) in [4.78, 5) is 40.2. The Labute approximate surface area is 167 Å². The van der Waals surface area contributed by atoms with Crippen LogP contribution in [0.25, 0.3) is 16.9 Å². The summed E-state index contributed by atoms with van der Waals surface area (Å²) in [6, 6.07) is 14.6. The van der Waals surface area contributed by atoms with Crippen molar-refractivity contribution < 1.29 is 4.79 Å². The lowest BCUT2D eigenvalue weighted by Gasteiger charge is -2.06. The van der Waals surface area contributed by atoms with Crippen LogP contribution in [0.1, 0.15) is 10.4 Å². The van der Waals surface area contributed by atoms with E-state index in [1.807, 2.05) is 0 Å². The molecule has 0 radical (unpaired) electrons. The molecule has 0 saturated carbocycles. The number of carbonyl (C=O) groups is 1. The van der Waals surface area contributed by atoms with Gasteiger partial charge in [-0.2, -0.15) is 4.52 Å². The number of aromatic nitrogens is 3. The van der Waals surface area contributed by atoms with Gasteiger partial charge in [0.05, 0.1) is 15.7 Å². The number of nitrogens with zero attached hydrogens (tertiary/aromatic N) is 1. The molecule has 9 heteroatoms. The number of nitrogens with one attached hydrogen (secondary N) is 3. The van der Waals surface area contributed by atoms with Crippen molar-refractivity contribution in [2.75, 3.05) is 5.32 Å². The number of hydrogen-bond donors (Lipinski definition) is 3. The highest BCUT2D eigenvalue weighted by atomic mass is 35.5. The van der Waals surface area contributed by atoms with E-state index in [0.29, 0.717) is 26.9 Å². The molecule has 0 spiro atoms. The van der Waals surface area contributed by atoms with Crippen LogP contribution in [0.2, 0.25) is 10.0 Å². The van der Waals surface area contributed by atoms with Crippen LogP contribution in [0.4, 0.5) is 5.69 Å². The summed E-state index contributed by atoms with van der Waals surface area (Å²) in [7, 11) is 0. The fourth-order valence-electron chi connectivity index (χ4n) is 2.78. The first-order valence-corrected chi connectivity index (χ1v) is 8.89. The van der Waals surface area contributed by atoms with Gasteiger partial charge in [0.15, 0.2) is 11.3 Å². The van der Waals surface area contributed by atoms with Crippen molar-refractivity contribution in [3.8, 4) is 11.3 Å². The van der Waals surface area contributed by atoms with Crippen LogP contribution < -0.4 is 16.4 Å². The highest BCUT2D eigenvalue weighted by Gasteiger charge is 2.17. The number of amides is 1. The van der Waals surface area contributed by atoms with Crippen molar-refractivity contribution in [2.45, 2.75) is 0 Å². The Hall–Kier alpha value is -3.29. The second-order valence-corrected chi connectivity index (χ2v) is 6.78. The second kappa shape index (κ2) is 7.03. The number of hydrogen-bond acceptors (Lipinski definition) is 3. The largest absolute Gasteiger partial charge is 0.338 e. The minimum atomic E-state index is -0.607. The van der Waals surface area contributed by atoms with E-state index in [9.17, 15) is 14.4 Å². The van der Waals surface area contributed by atoms with Gasteiger partial charge in [-0.3, -0.25) is 19.5 Å². The Balaban J connectivity index is 1.83. The van der Waals surface area contributed by atoms with E-state index in [4.69, 9.17) is 23.2 Å². The van der Waals surface area contributed by atoms with Gasteiger partial charge in [0, 0.05) is 11.6 Å². The number of benzene rings is 2. The molecule has 0 aliphatic carbocycles. The molecule has 0 fully saturated rings. The Kier molecular flexibility index (Phi) is 4.54. The van der Waals surface area contributed by atoms with Crippen LogP contribution in [0.5, 0.6) is 0 Å². The molecule has 0 aliphatic rings. The Morgan fingerprint density at radius 1 is 0.964 bits per heavy atom. The lowest BCUT2D eigenvalue weighted by atomic mass is 10.1. The molecule has 2 aromatic heterocycles. The average molecular weight is 415 g/mol. The molecule has 1 amide bonds. The zero-order valence-corrected chi connectivity index (χ0v) is 15.6. The Morgan fingerprint density at radius 2 is 1.71 bits per heavy atom. The standard InChI is InChI=1S/C19H12Cl2N4O3/c20-12-7-6-11(8-13(12)21)14-9-15(26)25-17(22-14)16(19(28)24-25)23-18(27)10-4-2-1-3-5-10/h1-9,22H,(H,23,27)(H,24,28). The van der Waals surface area contributed by atoms with Crippen LogP contribution in [-0.2, 0) is 0 Å². The summed E-state index contributed by atoms with van der Waals surface area (Å²) in [5.74, 6) is -0.472. The van der Waals surface area contributed by atoms with Crippen LogP contribution >= 0.6 is 23.2 Å². The van der Waals surface area contributed by atoms with E-state index >= 15 is 0 Å². The highest BCUT2D eigenvalue weighted by Crippen LogP contribution is 2.27. The lowest BCUT2D eigenvalue weighted by molar-refractivity contribution is 0.102. The molecule has 7 nitrogen and oxygen atoms in total. The van der Waals surface area contributed by atoms with Crippen molar-refractivity contribution >= 4 is 40.4 Å². The topological polar surface area (TPSA) is 99.2 Å². The average Bonchev–Trinajstić information content (AvgIpc) is 3.01. The maximum atomic E-state index is 12.4. The molecular weight excluding hydrogens is 403 g/mol. The minimum Gasteiger partial charge on any atom is -0.338 e. The Morgan fingerprint density at radius 3 is 2.43 bits per heavy atom. The number of anilines is 1. The van der Waals surface area contributed by atoms with Crippen molar-refractivity contribution in [3.05, 3.63) is 90.9 Å². The van der Waals surface area contributed by atoms with Crippen LogP contribution in [-0.4, -0.2) is 20.5 Å². The predicted molar refractivity (Wildman–Crippen MR) is 108 cm³/mol. The molecule has 0 unspecified atom stereocenters. The molecule has 4 aromatic rings. The molecule has 2 aromatic carbocycles. The van der Waals surface area contributed by atoms with E-state index in [2.05, 4.69) is 15.4 Å². The molecule has 0 aliphatic heterocycles. The first-order valence-electron chi connectivity index (χ1n) is 8.14.